The molecule has 1 aromatic carbocycles. The van der Waals surface area contributed by atoms with Crippen molar-refractivity contribution in [2.75, 3.05) is 13.7 Å². The molecule has 0 saturated carbocycles. The van der Waals surface area contributed by atoms with Crippen molar-refractivity contribution >= 4 is 5.91 Å². The first-order valence-corrected chi connectivity index (χ1v) is 7.07. The summed E-state index contributed by atoms with van der Waals surface area (Å²) < 4.78 is 10.5. The number of amides is 1. The van der Waals surface area contributed by atoms with E-state index in [1.165, 1.54) is 0 Å². The second-order valence-corrected chi connectivity index (χ2v) is 5.26. The van der Waals surface area contributed by atoms with Gasteiger partial charge in [0, 0.05) is 18.2 Å². The molecule has 0 aliphatic carbocycles. The maximum atomic E-state index is 12.7. The third-order valence-electron chi connectivity index (χ3n) is 3.80. The number of aryl methyl sites for hydroxylation is 1. The number of rotatable bonds is 3. The quantitative estimate of drug-likeness (QED) is 0.870. The zero-order chi connectivity index (χ0) is 14.8. The molecule has 1 aliphatic heterocycles. The molecule has 5 heteroatoms. The molecule has 110 valence electrons. The maximum Gasteiger partial charge on any atom is 0.254 e. The Balaban J connectivity index is 1.85. The van der Waals surface area contributed by atoms with Crippen LogP contribution >= 0.6 is 0 Å². The van der Waals surface area contributed by atoms with Gasteiger partial charge in [0.05, 0.1) is 18.8 Å². The zero-order valence-corrected chi connectivity index (χ0v) is 12.2. The molecular weight excluding hydrogens is 268 g/mol. The number of methoxy groups -OCH3 is 1. The fourth-order valence-corrected chi connectivity index (χ4v) is 2.77. The second-order valence-electron chi connectivity index (χ2n) is 5.26. The van der Waals surface area contributed by atoms with Gasteiger partial charge in [-0.2, -0.15) is 0 Å². The smallest absolute Gasteiger partial charge is 0.254 e. The summed E-state index contributed by atoms with van der Waals surface area (Å²) in [6.45, 7) is 2.62. The van der Waals surface area contributed by atoms with Crippen LogP contribution in [-0.4, -0.2) is 29.6 Å². The van der Waals surface area contributed by atoms with Crippen molar-refractivity contribution in [3.05, 3.63) is 47.3 Å². The van der Waals surface area contributed by atoms with Crippen LogP contribution in [0.3, 0.4) is 0 Å². The third kappa shape index (κ3) is 2.63. The van der Waals surface area contributed by atoms with Gasteiger partial charge in [0.1, 0.15) is 5.75 Å². The van der Waals surface area contributed by atoms with E-state index in [2.05, 4.69) is 5.16 Å². The number of ether oxygens (including phenoxy) is 1. The van der Waals surface area contributed by atoms with Crippen molar-refractivity contribution in [2.24, 2.45) is 0 Å². The minimum absolute atomic E-state index is 0.00505. The summed E-state index contributed by atoms with van der Waals surface area (Å²) >= 11 is 0. The third-order valence-corrected chi connectivity index (χ3v) is 3.80. The molecule has 1 aromatic heterocycles. The zero-order valence-electron chi connectivity index (χ0n) is 12.2. The number of likely N-dealkylation sites (tertiary alicyclic amines) is 1. The lowest BCUT2D eigenvalue weighted by Gasteiger charge is -2.22. The predicted octanol–water partition coefficient (Wildman–Crippen LogP) is 2.97. The van der Waals surface area contributed by atoms with Crippen LogP contribution in [0.2, 0.25) is 0 Å². The molecule has 1 amide bonds. The van der Waals surface area contributed by atoms with Crippen molar-refractivity contribution < 1.29 is 14.1 Å². The highest BCUT2D eigenvalue weighted by Crippen LogP contribution is 2.33. The van der Waals surface area contributed by atoms with Gasteiger partial charge in [-0.1, -0.05) is 11.2 Å². The lowest BCUT2D eigenvalue weighted by Crippen LogP contribution is -2.30. The molecule has 1 atom stereocenters. The molecule has 3 rings (SSSR count). The van der Waals surface area contributed by atoms with Gasteiger partial charge in [-0.15, -0.1) is 0 Å². The van der Waals surface area contributed by atoms with Crippen LogP contribution in [-0.2, 0) is 0 Å². The molecule has 21 heavy (non-hydrogen) atoms. The first-order valence-electron chi connectivity index (χ1n) is 7.07. The maximum absolute atomic E-state index is 12.7. The number of hydrogen-bond donors (Lipinski definition) is 0. The van der Waals surface area contributed by atoms with E-state index in [1.807, 2.05) is 36.1 Å². The fourth-order valence-electron chi connectivity index (χ4n) is 2.77. The van der Waals surface area contributed by atoms with E-state index < -0.39 is 0 Å². The highest BCUT2D eigenvalue weighted by Gasteiger charge is 2.33. The molecule has 2 aromatic rings. The van der Waals surface area contributed by atoms with Gasteiger partial charge >= 0.3 is 0 Å². The van der Waals surface area contributed by atoms with Gasteiger partial charge < -0.3 is 14.2 Å². The highest BCUT2D eigenvalue weighted by molar-refractivity contribution is 5.95. The number of nitrogens with zero attached hydrogens (tertiary/aromatic N) is 2. The lowest BCUT2D eigenvalue weighted by molar-refractivity contribution is 0.0714. The topological polar surface area (TPSA) is 55.6 Å². The molecule has 0 N–H and O–H groups in total. The largest absolute Gasteiger partial charge is 0.497 e. The summed E-state index contributed by atoms with van der Waals surface area (Å²) in [7, 11) is 1.60. The van der Waals surface area contributed by atoms with Crippen LogP contribution in [0.5, 0.6) is 5.75 Å². The molecule has 0 unspecified atom stereocenters. The van der Waals surface area contributed by atoms with Crippen LogP contribution in [0.4, 0.5) is 0 Å². The summed E-state index contributed by atoms with van der Waals surface area (Å²) in [5.41, 5.74) is 1.48. The molecule has 0 spiro atoms. The molecule has 0 radical (unpaired) electrons. The lowest BCUT2D eigenvalue weighted by atomic mass is 10.1. The average Bonchev–Trinajstić information content (AvgIpc) is 3.15. The average molecular weight is 286 g/mol. The summed E-state index contributed by atoms with van der Waals surface area (Å²) in [4.78, 5) is 14.6. The molecule has 1 fully saturated rings. The summed E-state index contributed by atoms with van der Waals surface area (Å²) in [5, 5.41) is 3.92. The van der Waals surface area contributed by atoms with E-state index >= 15 is 0 Å². The van der Waals surface area contributed by atoms with Crippen LogP contribution in [0.15, 0.2) is 34.9 Å². The van der Waals surface area contributed by atoms with E-state index in [4.69, 9.17) is 9.26 Å². The fraction of sp³-hybridized carbons (Fsp3) is 0.375. The molecule has 5 nitrogen and oxygen atoms in total. The molecule has 0 bridgehead atoms. The number of benzene rings is 1. The van der Waals surface area contributed by atoms with Crippen molar-refractivity contribution in [1.29, 1.82) is 0 Å². The minimum Gasteiger partial charge on any atom is -0.497 e. The van der Waals surface area contributed by atoms with Gasteiger partial charge in [-0.05, 0) is 38.0 Å². The Hall–Kier alpha value is -2.30. The first kappa shape index (κ1) is 13.7. The van der Waals surface area contributed by atoms with Gasteiger partial charge in [0.2, 0.25) is 0 Å². The number of carbonyl (C=O) groups is 1. The summed E-state index contributed by atoms with van der Waals surface area (Å²) in [6, 6.07) is 9.12. The Morgan fingerprint density at radius 2 is 2.29 bits per heavy atom. The normalized spacial score (nSPS) is 18.0. The van der Waals surface area contributed by atoms with Crippen LogP contribution in [0, 0.1) is 6.92 Å². The minimum atomic E-state index is -0.0232. The Kier molecular flexibility index (Phi) is 3.64. The molecule has 1 aliphatic rings. The Bertz CT molecular complexity index is 650. The van der Waals surface area contributed by atoms with E-state index in [1.54, 1.807) is 13.2 Å². The predicted molar refractivity (Wildman–Crippen MR) is 77.2 cm³/mol. The Morgan fingerprint density at radius 3 is 3.00 bits per heavy atom. The van der Waals surface area contributed by atoms with Crippen LogP contribution in [0.1, 0.15) is 40.7 Å². The number of carbonyl (C=O) groups excluding carboxylic acids is 1. The van der Waals surface area contributed by atoms with Crippen molar-refractivity contribution in [1.82, 2.24) is 10.1 Å². The molecule has 1 saturated heterocycles. The van der Waals surface area contributed by atoms with Gasteiger partial charge in [-0.3, -0.25) is 4.79 Å². The number of aromatic nitrogens is 1. The van der Waals surface area contributed by atoms with E-state index in [0.717, 1.165) is 30.8 Å². The standard InChI is InChI=1S/C16H18N2O3/c1-11-9-15(21-17-11)14-7-4-8-18(14)16(19)12-5-3-6-13(10-12)20-2/h3,5-6,9-10,14H,4,7-8H2,1-2H3/t14-/m1/s1. The number of hydrogen-bond acceptors (Lipinski definition) is 4. The molecular formula is C16H18N2O3. The van der Waals surface area contributed by atoms with E-state index in [0.29, 0.717) is 11.3 Å². The Morgan fingerprint density at radius 1 is 1.43 bits per heavy atom. The monoisotopic (exact) mass is 286 g/mol. The van der Waals surface area contributed by atoms with Gasteiger partial charge in [0.25, 0.3) is 5.91 Å². The molecule has 2 heterocycles. The van der Waals surface area contributed by atoms with Gasteiger partial charge in [0.15, 0.2) is 5.76 Å². The highest BCUT2D eigenvalue weighted by atomic mass is 16.5. The van der Waals surface area contributed by atoms with Crippen molar-refractivity contribution in [3.63, 3.8) is 0 Å². The summed E-state index contributed by atoms with van der Waals surface area (Å²) in [6.07, 6.45) is 1.88. The SMILES string of the molecule is COc1cccc(C(=O)N2CCC[C@@H]2c2cc(C)no2)c1. The first-order chi connectivity index (χ1) is 10.2. The van der Waals surface area contributed by atoms with Gasteiger partial charge in [-0.25, -0.2) is 0 Å². The summed E-state index contributed by atoms with van der Waals surface area (Å²) in [5.74, 6) is 1.46. The van der Waals surface area contributed by atoms with Crippen LogP contribution in [0.25, 0.3) is 0 Å². The van der Waals surface area contributed by atoms with Crippen molar-refractivity contribution in [2.45, 2.75) is 25.8 Å². The van der Waals surface area contributed by atoms with E-state index in [9.17, 15) is 4.79 Å². The van der Waals surface area contributed by atoms with Crippen LogP contribution < -0.4 is 4.74 Å². The second kappa shape index (κ2) is 5.60. The van der Waals surface area contributed by atoms with E-state index in [-0.39, 0.29) is 11.9 Å². The van der Waals surface area contributed by atoms with Crippen molar-refractivity contribution in [3.8, 4) is 5.75 Å². The Labute approximate surface area is 123 Å².